The van der Waals surface area contributed by atoms with Crippen LogP contribution in [-0.2, 0) is 9.59 Å². The summed E-state index contributed by atoms with van der Waals surface area (Å²) in [6.45, 7) is 0.179. The van der Waals surface area contributed by atoms with Crippen LogP contribution in [0.1, 0.15) is 6.42 Å². The minimum absolute atomic E-state index is 0.135. The van der Waals surface area contributed by atoms with E-state index in [1.807, 2.05) is 21.1 Å². The van der Waals surface area contributed by atoms with E-state index in [0.29, 0.717) is 4.48 Å². The monoisotopic (exact) mass is 216 g/mol. The summed E-state index contributed by atoms with van der Waals surface area (Å²) in [5, 5.41) is 22.6. The molecule has 0 spiro atoms. The molecule has 1 rings (SSSR count). The van der Waals surface area contributed by atoms with E-state index in [1.165, 1.54) is 0 Å². The van der Waals surface area contributed by atoms with Gasteiger partial charge in [-0.2, -0.15) is 0 Å². The molecule has 2 N–H and O–H groups in total. The van der Waals surface area contributed by atoms with Crippen LogP contribution in [0.5, 0.6) is 0 Å². The van der Waals surface area contributed by atoms with Gasteiger partial charge in [0, 0.05) is 6.42 Å². The van der Waals surface area contributed by atoms with Crippen LogP contribution in [0.3, 0.4) is 0 Å². The molecule has 15 heavy (non-hydrogen) atoms. The SMILES string of the molecule is C[N+](C)(C)C[C@]1(C(=O)[O-])C[C@@H](O)C(=O)N1. The lowest BCUT2D eigenvalue weighted by atomic mass is 9.95. The number of aliphatic hydroxyl groups excluding tert-OH is 1. The van der Waals surface area contributed by atoms with Gasteiger partial charge in [0.1, 0.15) is 18.2 Å². The van der Waals surface area contributed by atoms with E-state index >= 15 is 0 Å². The Morgan fingerprint density at radius 3 is 2.47 bits per heavy atom. The quantitative estimate of drug-likeness (QED) is 0.494. The first-order chi connectivity index (χ1) is 6.66. The number of nitrogens with zero attached hydrogens (tertiary/aromatic N) is 1. The average Bonchev–Trinajstić information content (AvgIpc) is 2.24. The number of aliphatic carboxylic acids is 1. The van der Waals surface area contributed by atoms with Gasteiger partial charge in [-0.25, -0.2) is 0 Å². The number of hydrogen-bond acceptors (Lipinski definition) is 4. The van der Waals surface area contributed by atoms with Crippen LogP contribution in [0, 0.1) is 0 Å². The average molecular weight is 216 g/mol. The van der Waals surface area contributed by atoms with Crippen molar-refractivity contribution in [1.82, 2.24) is 5.32 Å². The van der Waals surface area contributed by atoms with Crippen LogP contribution in [0.15, 0.2) is 0 Å². The molecule has 1 amide bonds. The standard InChI is InChI=1S/C9H16N2O4/c1-11(2,3)5-9(8(14)15)4-6(12)7(13)10-9/h6,12H,4-5H2,1-3H3,(H-,10,13,14,15)/t6-,9+/m1/s1. The van der Waals surface area contributed by atoms with Crippen molar-refractivity contribution in [2.24, 2.45) is 0 Å². The number of rotatable bonds is 3. The van der Waals surface area contributed by atoms with Gasteiger partial charge in [-0.05, 0) is 0 Å². The maximum atomic E-state index is 11.1. The Labute approximate surface area is 88.1 Å². The fourth-order valence-electron chi connectivity index (χ4n) is 1.91. The van der Waals surface area contributed by atoms with E-state index in [4.69, 9.17) is 0 Å². The van der Waals surface area contributed by atoms with Gasteiger partial charge in [0.25, 0.3) is 0 Å². The summed E-state index contributed by atoms with van der Waals surface area (Å²) < 4.78 is 0.362. The highest BCUT2D eigenvalue weighted by Gasteiger charge is 2.48. The van der Waals surface area contributed by atoms with Gasteiger partial charge in [-0.1, -0.05) is 0 Å². The smallest absolute Gasteiger partial charge is 0.249 e. The third kappa shape index (κ3) is 2.45. The lowest BCUT2D eigenvalue weighted by Crippen LogP contribution is -2.64. The topological polar surface area (TPSA) is 89.5 Å². The molecule has 6 heteroatoms. The van der Waals surface area contributed by atoms with Crippen molar-refractivity contribution in [2.75, 3.05) is 27.7 Å². The maximum absolute atomic E-state index is 11.1. The number of quaternary nitrogens is 1. The summed E-state index contributed by atoms with van der Waals surface area (Å²) in [6, 6.07) is 0. The van der Waals surface area contributed by atoms with Crippen molar-refractivity contribution in [3.63, 3.8) is 0 Å². The highest BCUT2D eigenvalue weighted by atomic mass is 16.4. The van der Waals surface area contributed by atoms with Gasteiger partial charge >= 0.3 is 0 Å². The Bertz CT molecular complexity index is 297. The third-order valence-electron chi connectivity index (χ3n) is 2.34. The minimum atomic E-state index is -1.45. The van der Waals surface area contributed by atoms with E-state index in [1.54, 1.807) is 0 Å². The lowest BCUT2D eigenvalue weighted by molar-refractivity contribution is -0.873. The van der Waals surface area contributed by atoms with Gasteiger partial charge in [-0.15, -0.1) is 0 Å². The van der Waals surface area contributed by atoms with Crippen LogP contribution < -0.4 is 10.4 Å². The molecule has 1 aliphatic rings. The van der Waals surface area contributed by atoms with Gasteiger partial charge in [0.15, 0.2) is 0 Å². The van der Waals surface area contributed by atoms with Crippen LogP contribution in [-0.4, -0.2) is 60.8 Å². The van der Waals surface area contributed by atoms with Crippen molar-refractivity contribution in [3.8, 4) is 0 Å². The van der Waals surface area contributed by atoms with Crippen LogP contribution in [0.2, 0.25) is 0 Å². The van der Waals surface area contributed by atoms with Crippen LogP contribution in [0.4, 0.5) is 0 Å². The molecule has 0 saturated carbocycles. The first-order valence-electron chi connectivity index (χ1n) is 4.68. The van der Waals surface area contributed by atoms with Crippen molar-refractivity contribution >= 4 is 11.9 Å². The Balaban J connectivity index is 2.92. The molecule has 2 atom stereocenters. The molecule has 0 bridgehead atoms. The second-order valence-electron chi connectivity index (χ2n) is 5.03. The molecule has 6 nitrogen and oxygen atoms in total. The number of amides is 1. The van der Waals surface area contributed by atoms with E-state index in [0.717, 1.165) is 0 Å². The summed E-state index contributed by atoms with van der Waals surface area (Å²) in [7, 11) is 5.42. The molecular formula is C9H16N2O4. The number of carbonyl (C=O) groups excluding carboxylic acids is 2. The van der Waals surface area contributed by atoms with Gasteiger partial charge < -0.3 is 24.8 Å². The summed E-state index contributed by atoms with van der Waals surface area (Å²) in [4.78, 5) is 22.2. The minimum Gasteiger partial charge on any atom is -0.547 e. The molecule has 1 heterocycles. The number of hydrogen-bond donors (Lipinski definition) is 2. The first-order valence-corrected chi connectivity index (χ1v) is 4.68. The molecule has 86 valence electrons. The highest BCUT2D eigenvalue weighted by Crippen LogP contribution is 2.22. The zero-order valence-corrected chi connectivity index (χ0v) is 9.11. The molecule has 1 aliphatic heterocycles. The van der Waals surface area contributed by atoms with Crippen molar-refractivity contribution < 1.29 is 24.3 Å². The molecular weight excluding hydrogens is 200 g/mol. The molecule has 0 aromatic heterocycles. The van der Waals surface area contributed by atoms with E-state index in [-0.39, 0.29) is 13.0 Å². The van der Waals surface area contributed by atoms with Gasteiger partial charge in [0.05, 0.1) is 27.1 Å². The van der Waals surface area contributed by atoms with Crippen molar-refractivity contribution in [3.05, 3.63) is 0 Å². The Kier molecular flexibility index (Phi) is 2.75. The predicted molar refractivity (Wildman–Crippen MR) is 49.4 cm³/mol. The zero-order chi connectivity index (χ0) is 11.9. The number of nitrogens with one attached hydrogen (secondary N) is 1. The summed E-state index contributed by atoms with van der Waals surface area (Å²) in [5.74, 6) is -1.99. The number of aliphatic hydroxyl groups is 1. The number of likely N-dealkylation sites (N-methyl/N-ethyl adjacent to an activating group) is 1. The zero-order valence-electron chi connectivity index (χ0n) is 9.11. The molecule has 1 fully saturated rings. The summed E-state index contributed by atoms with van der Waals surface area (Å²) >= 11 is 0. The fourth-order valence-corrected chi connectivity index (χ4v) is 1.91. The number of carboxylic acids is 1. The maximum Gasteiger partial charge on any atom is 0.249 e. The Morgan fingerprint density at radius 2 is 2.20 bits per heavy atom. The number of carbonyl (C=O) groups is 2. The summed E-state index contributed by atoms with van der Waals surface area (Å²) in [6.07, 6.45) is -1.39. The summed E-state index contributed by atoms with van der Waals surface area (Å²) in [5.41, 5.74) is -1.45. The number of carboxylic acid groups (broad SMARTS) is 1. The van der Waals surface area contributed by atoms with E-state index in [9.17, 15) is 19.8 Å². The lowest BCUT2D eigenvalue weighted by Gasteiger charge is -2.36. The molecule has 0 unspecified atom stereocenters. The Morgan fingerprint density at radius 1 is 1.67 bits per heavy atom. The van der Waals surface area contributed by atoms with Crippen molar-refractivity contribution in [2.45, 2.75) is 18.1 Å². The van der Waals surface area contributed by atoms with Crippen LogP contribution in [0.25, 0.3) is 0 Å². The molecule has 0 radical (unpaired) electrons. The van der Waals surface area contributed by atoms with Gasteiger partial charge in [-0.3, -0.25) is 4.79 Å². The van der Waals surface area contributed by atoms with E-state index < -0.39 is 23.5 Å². The van der Waals surface area contributed by atoms with Gasteiger partial charge in [0.2, 0.25) is 5.91 Å². The van der Waals surface area contributed by atoms with E-state index in [2.05, 4.69) is 5.32 Å². The van der Waals surface area contributed by atoms with Crippen LogP contribution >= 0.6 is 0 Å². The predicted octanol–water partition coefficient (Wildman–Crippen LogP) is -2.94. The first kappa shape index (κ1) is 11.9. The second-order valence-corrected chi connectivity index (χ2v) is 5.03. The second kappa shape index (κ2) is 3.46. The largest absolute Gasteiger partial charge is 0.547 e. The Hall–Kier alpha value is -1.14. The molecule has 0 aliphatic carbocycles. The third-order valence-corrected chi connectivity index (χ3v) is 2.34. The molecule has 0 aromatic carbocycles. The highest BCUT2D eigenvalue weighted by molar-refractivity contribution is 5.92. The normalized spacial score (nSPS) is 31.5. The molecule has 0 aromatic rings. The fraction of sp³-hybridized carbons (Fsp3) is 0.778. The molecule has 1 saturated heterocycles. The van der Waals surface area contributed by atoms with Crippen molar-refractivity contribution in [1.29, 1.82) is 0 Å².